The van der Waals surface area contributed by atoms with Crippen LogP contribution in [-0.2, 0) is 14.3 Å². The zero-order valence-electron chi connectivity index (χ0n) is 23.1. The third-order valence-electron chi connectivity index (χ3n) is 7.55. The molecule has 2 atom stereocenters. The average molecular weight is 493 g/mol. The zero-order valence-corrected chi connectivity index (χ0v) is 23.1. The predicted molar refractivity (Wildman–Crippen MR) is 147 cm³/mol. The number of hydrogen-bond donors (Lipinski definition) is 1. The molecule has 0 saturated carbocycles. The molecular weight excluding hydrogens is 436 g/mol. The largest absolute Gasteiger partial charge is 0.481 e. The molecule has 204 valence electrons. The third kappa shape index (κ3) is 16.1. The number of carboxylic acids is 1. The van der Waals surface area contributed by atoms with E-state index >= 15 is 0 Å². The molecule has 0 aromatic rings. The molecule has 4 nitrogen and oxygen atoms in total. The van der Waals surface area contributed by atoms with Gasteiger partial charge < -0.3 is 9.84 Å². The number of esters is 1. The van der Waals surface area contributed by atoms with E-state index in [1.807, 2.05) is 6.08 Å². The fourth-order valence-electron chi connectivity index (χ4n) is 5.22. The van der Waals surface area contributed by atoms with Gasteiger partial charge in [-0.2, -0.15) is 0 Å². The summed E-state index contributed by atoms with van der Waals surface area (Å²) in [6.07, 6.45) is 29.8. The van der Waals surface area contributed by atoms with Crippen LogP contribution in [0.3, 0.4) is 0 Å². The summed E-state index contributed by atoms with van der Waals surface area (Å²) in [5, 5.41) is 9.53. The number of hydrogen-bond acceptors (Lipinski definition) is 3. The molecule has 0 fully saturated rings. The minimum Gasteiger partial charge on any atom is -0.481 e. The second-order valence-corrected chi connectivity index (χ2v) is 10.8. The monoisotopic (exact) mass is 492 g/mol. The first-order chi connectivity index (χ1) is 17.1. The van der Waals surface area contributed by atoms with Crippen LogP contribution < -0.4 is 0 Å². The molecule has 0 saturated heterocycles. The summed E-state index contributed by atoms with van der Waals surface area (Å²) in [7, 11) is 0. The molecule has 0 bridgehead atoms. The van der Waals surface area contributed by atoms with Crippen molar-refractivity contribution in [1.82, 2.24) is 0 Å². The van der Waals surface area contributed by atoms with Crippen molar-refractivity contribution in [3.05, 3.63) is 12.2 Å². The van der Waals surface area contributed by atoms with Gasteiger partial charge in [0, 0.05) is 0 Å². The summed E-state index contributed by atoms with van der Waals surface area (Å²) in [5.41, 5.74) is 0. The van der Waals surface area contributed by atoms with Crippen molar-refractivity contribution in [2.75, 3.05) is 0 Å². The molecule has 0 amide bonds. The summed E-state index contributed by atoms with van der Waals surface area (Å²) in [5.74, 6) is -2.49. The van der Waals surface area contributed by atoms with Crippen LogP contribution in [0.2, 0.25) is 0 Å². The number of carboxylic acid groups (broad SMARTS) is 1. The Balaban J connectivity index is 2.39. The maximum absolute atomic E-state index is 12.9. The lowest BCUT2D eigenvalue weighted by Crippen LogP contribution is -2.33. The van der Waals surface area contributed by atoms with E-state index in [4.69, 9.17) is 4.74 Å². The van der Waals surface area contributed by atoms with Crippen LogP contribution in [0.4, 0.5) is 0 Å². The fraction of sp³-hybridized carbons (Fsp3) is 0.871. The number of rotatable bonds is 23. The molecule has 1 N–H and O–H groups in total. The van der Waals surface area contributed by atoms with Crippen LogP contribution >= 0.6 is 0 Å². The number of carbonyl (C=O) groups is 2. The van der Waals surface area contributed by atoms with Crippen LogP contribution in [0.1, 0.15) is 155 Å². The number of allylic oxidation sites excluding steroid dienone is 1. The van der Waals surface area contributed by atoms with Gasteiger partial charge in [0.2, 0.25) is 0 Å². The maximum Gasteiger partial charge on any atom is 0.313 e. The number of carbonyl (C=O) groups excluding carboxylic acids is 1. The topological polar surface area (TPSA) is 63.6 Å². The summed E-state index contributed by atoms with van der Waals surface area (Å²) in [6, 6.07) is 0. The van der Waals surface area contributed by atoms with E-state index in [1.165, 1.54) is 103 Å². The molecule has 2 unspecified atom stereocenters. The molecule has 1 rings (SSSR count). The second kappa shape index (κ2) is 21.9. The van der Waals surface area contributed by atoms with E-state index in [0.29, 0.717) is 6.42 Å². The zero-order chi connectivity index (χ0) is 25.6. The van der Waals surface area contributed by atoms with Crippen LogP contribution in [0.5, 0.6) is 0 Å². The van der Waals surface area contributed by atoms with Crippen LogP contribution in [0.25, 0.3) is 0 Å². The lowest BCUT2D eigenvalue weighted by molar-refractivity contribution is -0.160. The first-order valence-corrected chi connectivity index (χ1v) is 15.2. The minimum absolute atomic E-state index is 0.0682. The SMILES string of the molecule is CCCCCCCCCCCC(CCCCCCCCCCC)OC(=O)C1C=CCCC1C(=O)O. The van der Waals surface area contributed by atoms with Crippen molar-refractivity contribution in [1.29, 1.82) is 0 Å². The molecule has 0 spiro atoms. The van der Waals surface area contributed by atoms with E-state index < -0.39 is 17.8 Å². The summed E-state index contributed by atoms with van der Waals surface area (Å²) >= 11 is 0. The van der Waals surface area contributed by atoms with E-state index in [2.05, 4.69) is 13.8 Å². The minimum atomic E-state index is -0.884. The standard InChI is InChI=1S/C31H56O4/c1-3-5-7-9-11-13-15-17-19-23-27(24-20-18-16-14-12-10-8-6-4-2)35-31(34)29-26-22-21-25-28(29)30(32)33/h22,26-29H,3-21,23-25H2,1-2H3,(H,32,33). The Morgan fingerprint density at radius 3 is 1.60 bits per heavy atom. The summed E-state index contributed by atoms with van der Waals surface area (Å²) < 4.78 is 5.96. The van der Waals surface area contributed by atoms with Gasteiger partial charge >= 0.3 is 11.9 Å². The van der Waals surface area contributed by atoms with Crippen molar-refractivity contribution in [3.63, 3.8) is 0 Å². The van der Waals surface area contributed by atoms with Gasteiger partial charge in [-0.15, -0.1) is 0 Å². The molecule has 0 aromatic heterocycles. The highest BCUT2D eigenvalue weighted by atomic mass is 16.5. The Morgan fingerprint density at radius 1 is 0.743 bits per heavy atom. The van der Waals surface area contributed by atoms with Gasteiger partial charge in [-0.05, 0) is 38.5 Å². The number of unbranched alkanes of at least 4 members (excludes halogenated alkanes) is 16. The van der Waals surface area contributed by atoms with E-state index in [0.717, 1.165) is 32.1 Å². The van der Waals surface area contributed by atoms with Gasteiger partial charge in [0.1, 0.15) is 6.10 Å². The third-order valence-corrected chi connectivity index (χ3v) is 7.55. The molecule has 35 heavy (non-hydrogen) atoms. The van der Waals surface area contributed by atoms with Gasteiger partial charge in [0.05, 0.1) is 11.8 Å². The maximum atomic E-state index is 12.9. The molecule has 4 heteroatoms. The summed E-state index contributed by atoms with van der Waals surface area (Å²) in [4.78, 5) is 24.5. The smallest absolute Gasteiger partial charge is 0.313 e. The van der Waals surface area contributed by atoms with Crippen LogP contribution in [0, 0.1) is 11.8 Å². The first kappa shape index (κ1) is 31.7. The van der Waals surface area contributed by atoms with E-state index in [1.54, 1.807) is 6.08 Å². The van der Waals surface area contributed by atoms with Crippen molar-refractivity contribution in [3.8, 4) is 0 Å². The summed E-state index contributed by atoms with van der Waals surface area (Å²) in [6.45, 7) is 4.51. The molecule has 1 aliphatic rings. The Hall–Kier alpha value is -1.32. The average Bonchev–Trinajstić information content (AvgIpc) is 2.86. The van der Waals surface area contributed by atoms with Crippen molar-refractivity contribution < 1.29 is 19.4 Å². The highest BCUT2D eigenvalue weighted by Gasteiger charge is 2.35. The van der Waals surface area contributed by atoms with Gasteiger partial charge in [-0.1, -0.05) is 129 Å². The van der Waals surface area contributed by atoms with Gasteiger partial charge in [-0.25, -0.2) is 0 Å². The van der Waals surface area contributed by atoms with E-state index in [-0.39, 0.29) is 12.1 Å². The molecule has 0 aromatic carbocycles. The Labute approximate surface area is 216 Å². The quantitative estimate of drug-likeness (QED) is 0.0876. The lowest BCUT2D eigenvalue weighted by atomic mass is 9.84. The van der Waals surface area contributed by atoms with Crippen LogP contribution in [0.15, 0.2) is 12.2 Å². The second-order valence-electron chi connectivity index (χ2n) is 10.8. The highest BCUT2D eigenvalue weighted by Crippen LogP contribution is 2.28. The fourth-order valence-corrected chi connectivity index (χ4v) is 5.22. The first-order valence-electron chi connectivity index (χ1n) is 15.2. The van der Waals surface area contributed by atoms with Gasteiger partial charge in [0.15, 0.2) is 0 Å². The highest BCUT2D eigenvalue weighted by molar-refractivity contribution is 5.83. The number of ether oxygens (including phenoxy) is 1. The molecule has 0 aliphatic heterocycles. The van der Waals surface area contributed by atoms with Crippen molar-refractivity contribution in [2.45, 2.75) is 161 Å². The Morgan fingerprint density at radius 2 is 1.17 bits per heavy atom. The normalized spacial score (nSPS) is 17.7. The Kier molecular flexibility index (Phi) is 19.9. The Bertz CT molecular complexity index is 534. The van der Waals surface area contributed by atoms with Crippen molar-refractivity contribution >= 4 is 11.9 Å². The van der Waals surface area contributed by atoms with E-state index in [9.17, 15) is 14.7 Å². The molecule has 1 aliphatic carbocycles. The van der Waals surface area contributed by atoms with Gasteiger partial charge in [0.25, 0.3) is 0 Å². The van der Waals surface area contributed by atoms with Crippen molar-refractivity contribution in [2.24, 2.45) is 11.8 Å². The molecular formula is C31H56O4. The van der Waals surface area contributed by atoms with Gasteiger partial charge in [-0.3, -0.25) is 9.59 Å². The molecule has 0 radical (unpaired) electrons. The molecule has 0 heterocycles. The number of aliphatic carboxylic acids is 1. The lowest BCUT2D eigenvalue weighted by Gasteiger charge is -2.26. The predicted octanol–water partition coefficient (Wildman–Crippen LogP) is 9.41. The van der Waals surface area contributed by atoms with Crippen LogP contribution in [-0.4, -0.2) is 23.1 Å².